The second-order valence-electron chi connectivity index (χ2n) is 4.16. The Hall–Kier alpha value is -0.490. The number of aliphatic hydroxyl groups excluding tert-OH is 1. The minimum atomic E-state index is -0.473. The van der Waals surface area contributed by atoms with E-state index in [1.807, 2.05) is 12.3 Å². The smallest absolute Gasteiger partial charge is 0.112 e. The average molecular weight is 244 g/mol. The van der Waals surface area contributed by atoms with Gasteiger partial charge in [0.2, 0.25) is 0 Å². The van der Waals surface area contributed by atoms with Crippen LogP contribution >= 0.6 is 11.3 Å². The Kier molecular flexibility index (Phi) is 5.34. The molecule has 0 saturated carbocycles. The van der Waals surface area contributed by atoms with Crippen LogP contribution < -0.4 is 5.32 Å². The lowest BCUT2D eigenvalue weighted by molar-refractivity contribution is 0.0390. The summed E-state index contributed by atoms with van der Waals surface area (Å²) in [5.41, 5.74) is -0.207. The Morgan fingerprint density at radius 3 is 2.94 bits per heavy atom. The van der Waals surface area contributed by atoms with Crippen molar-refractivity contribution in [3.63, 3.8) is 0 Å². The molecule has 0 radical (unpaired) electrons. The van der Waals surface area contributed by atoms with Crippen molar-refractivity contribution in [1.82, 2.24) is 10.3 Å². The maximum absolute atomic E-state index is 9.64. The van der Waals surface area contributed by atoms with Gasteiger partial charge in [-0.3, -0.25) is 0 Å². The summed E-state index contributed by atoms with van der Waals surface area (Å²) in [6, 6.07) is 0. The van der Waals surface area contributed by atoms with E-state index in [0.717, 1.165) is 5.01 Å². The molecule has 1 atom stereocenters. The second-order valence-corrected chi connectivity index (χ2v) is 5.05. The highest BCUT2D eigenvalue weighted by atomic mass is 32.1. The Labute approximate surface area is 101 Å². The van der Waals surface area contributed by atoms with Crippen LogP contribution in [0.5, 0.6) is 0 Å². The van der Waals surface area contributed by atoms with Crippen molar-refractivity contribution in [2.75, 3.05) is 19.8 Å². The summed E-state index contributed by atoms with van der Waals surface area (Å²) < 4.78 is 5.15. The van der Waals surface area contributed by atoms with Gasteiger partial charge in [0, 0.05) is 24.7 Å². The number of nitrogens with zero attached hydrogens (tertiary/aromatic N) is 1. The van der Waals surface area contributed by atoms with E-state index < -0.39 is 6.10 Å². The van der Waals surface area contributed by atoms with Crippen LogP contribution in [-0.2, 0) is 10.3 Å². The van der Waals surface area contributed by atoms with Gasteiger partial charge < -0.3 is 15.2 Å². The van der Waals surface area contributed by atoms with E-state index in [1.165, 1.54) is 0 Å². The lowest BCUT2D eigenvalue weighted by Gasteiger charge is -2.25. The summed E-state index contributed by atoms with van der Waals surface area (Å²) in [6.45, 7) is 7.54. The SMILES string of the molecule is CCOCC(O)CNC(C)(C)c1nccs1. The Morgan fingerprint density at radius 1 is 1.62 bits per heavy atom. The van der Waals surface area contributed by atoms with E-state index in [9.17, 15) is 5.11 Å². The quantitative estimate of drug-likeness (QED) is 0.760. The number of thiazole rings is 1. The summed E-state index contributed by atoms with van der Waals surface area (Å²) in [4.78, 5) is 4.27. The highest BCUT2D eigenvalue weighted by Crippen LogP contribution is 2.21. The molecule has 0 aliphatic rings. The van der Waals surface area contributed by atoms with Crippen LogP contribution in [-0.4, -0.2) is 36.0 Å². The normalized spacial score (nSPS) is 14.0. The van der Waals surface area contributed by atoms with Gasteiger partial charge in [-0.25, -0.2) is 4.98 Å². The summed E-state index contributed by atoms with van der Waals surface area (Å²) in [5, 5.41) is 15.9. The van der Waals surface area contributed by atoms with Gasteiger partial charge in [-0.05, 0) is 20.8 Å². The molecule has 1 rings (SSSR count). The molecule has 0 amide bonds. The maximum Gasteiger partial charge on any atom is 0.112 e. The van der Waals surface area contributed by atoms with E-state index in [0.29, 0.717) is 19.8 Å². The van der Waals surface area contributed by atoms with Crippen molar-refractivity contribution in [3.8, 4) is 0 Å². The fraction of sp³-hybridized carbons (Fsp3) is 0.727. The third kappa shape index (κ3) is 4.17. The Bertz CT molecular complexity index is 288. The molecule has 92 valence electrons. The molecule has 1 unspecified atom stereocenters. The largest absolute Gasteiger partial charge is 0.389 e. The molecule has 1 aromatic heterocycles. The monoisotopic (exact) mass is 244 g/mol. The molecule has 1 aromatic rings. The fourth-order valence-corrected chi connectivity index (χ4v) is 2.03. The van der Waals surface area contributed by atoms with Crippen LogP contribution in [0.25, 0.3) is 0 Å². The number of nitrogens with one attached hydrogen (secondary N) is 1. The summed E-state index contributed by atoms with van der Waals surface area (Å²) in [6.07, 6.45) is 1.32. The van der Waals surface area contributed by atoms with Crippen molar-refractivity contribution in [1.29, 1.82) is 0 Å². The predicted octanol–water partition coefficient (Wildman–Crippen LogP) is 1.37. The first kappa shape index (κ1) is 13.6. The summed E-state index contributed by atoms with van der Waals surface area (Å²) in [7, 11) is 0. The third-order valence-corrected chi connectivity index (χ3v) is 3.36. The zero-order valence-corrected chi connectivity index (χ0v) is 10.9. The molecule has 0 aliphatic heterocycles. The van der Waals surface area contributed by atoms with E-state index in [-0.39, 0.29) is 5.54 Å². The first-order chi connectivity index (χ1) is 7.56. The zero-order valence-electron chi connectivity index (χ0n) is 10.1. The van der Waals surface area contributed by atoms with Gasteiger partial charge in [-0.2, -0.15) is 0 Å². The van der Waals surface area contributed by atoms with Gasteiger partial charge >= 0.3 is 0 Å². The molecule has 16 heavy (non-hydrogen) atoms. The topological polar surface area (TPSA) is 54.4 Å². The average Bonchev–Trinajstić information content (AvgIpc) is 2.77. The van der Waals surface area contributed by atoms with E-state index in [2.05, 4.69) is 24.1 Å². The molecule has 0 fully saturated rings. The minimum Gasteiger partial charge on any atom is -0.389 e. The van der Waals surface area contributed by atoms with Crippen LogP contribution in [0.2, 0.25) is 0 Å². The minimum absolute atomic E-state index is 0.207. The molecule has 5 heteroatoms. The van der Waals surface area contributed by atoms with Crippen molar-refractivity contribution >= 4 is 11.3 Å². The molecular weight excluding hydrogens is 224 g/mol. The molecule has 0 saturated heterocycles. The van der Waals surface area contributed by atoms with E-state index in [1.54, 1.807) is 17.5 Å². The van der Waals surface area contributed by atoms with Gasteiger partial charge in [-0.15, -0.1) is 11.3 Å². The van der Waals surface area contributed by atoms with Crippen LogP contribution in [0, 0.1) is 0 Å². The zero-order chi connectivity index (χ0) is 12.0. The summed E-state index contributed by atoms with van der Waals surface area (Å²) in [5.74, 6) is 0. The van der Waals surface area contributed by atoms with Gasteiger partial charge in [0.05, 0.1) is 18.2 Å². The summed E-state index contributed by atoms with van der Waals surface area (Å²) >= 11 is 1.61. The number of ether oxygens (including phenoxy) is 1. The number of aromatic nitrogens is 1. The molecule has 1 heterocycles. The van der Waals surface area contributed by atoms with Gasteiger partial charge in [-0.1, -0.05) is 0 Å². The first-order valence-electron chi connectivity index (χ1n) is 5.47. The highest BCUT2D eigenvalue weighted by molar-refractivity contribution is 7.09. The number of aliphatic hydroxyl groups is 1. The highest BCUT2D eigenvalue weighted by Gasteiger charge is 2.23. The maximum atomic E-state index is 9.64. The van der Waals surface area contributed by atoms with Crippen molar-refractivity contribution in [2.24, 2.45) is 0 Å². The fourth-order valence-electron chi connectivity index (χ4n) is 1.29. The van der Waals surface area contributed by atoms with Gasteiger partial charge in [0.25, 0.3) is 0 Å². The molecular formula is C11H20N2O2S. The van der Waals surface area contributed by atoms with E-state index >= 15 is 0 Å². The number of rotatable bonds is 7. The molecule has 4 nitrogen and oxygen atoms in total. The van der Waals surface area contributed by atoms with Crippen molar-refractivity contribution in [3.05, 3.63) is 16.6 Å². The molecule has 2 N–H and O–H groups in total. The Balaban J connectivity index is 2.36. The predicted molar refractivity (Wildman–Crippen MR) is 65.6 cm³/mol. The van der Waals surface area contributed by atoms with Crippen molar-refractivity contribution < 1.29 is 9.84 Å². The second kappa shape index (κ2) is 6.30. The molecule has 0 spiro atoms. The first-order valence-corrected chi connectivity index (χ1v) is 6.35. The van der Waals surface area contributed by atoms with E-state index in [4.69, 9.17) is 4.74 Å². The van der Waals surface area contributed by atoms with Gasteiger partial charge in [0.15, 0.2) is 0 Å². The lowest BCUT2D eigenvalue weighted by atomic mass is 10.1. The van der Waals surface area contributed by atoms with Crippen LogP contribution in [0.4, 0.5) is 0 Å². The van der Waals surface area contributed by atoms with Gasteiger partial charge in [0.1, 0.15) is 5.01 Å². The molecule has 0 aromatic carbocycles. The number of hydrogen-bond acceptors (Lipinski definition) is 5. The third-order valence-electron chi connectivity index (χ3n) is 2.26. The molecule has 0 aliphatic carbocycles. The van der Waals surface area contributed by atoms with Crippen LogP contribution in [0.1, 0.15) is 25.8 Å². The molecule has 0 bridgehead atoms. The number of hydrogen-bond donors (Lipinski definition) is 2. The lowest BCUT2D eigenvalue weighted by Crippen LogP contribution is -2.42. The Morgan fingerprint density at radius 2 is 2.38 bits per heavy atom. The van der Waals surface area contributed by atoms with Crippen LogP contribution in [0.15, 0.2) is 11.6 Å². The van der Waals surface area contributed by atoms with Crippen LogP contribution in [0.3, 0.4) is 0 Å². The van der Waals surface area contributed by atoms with Crippen molar-refractivity contribution in [2.45, 2.75) is 32.4 Å². The standard InChI is InChI=1S/C11H20N2O2S/c1-4-15-8-9(14)7-13-11(2,3)10-12-5-6-16-10/h5-6,9,13-14H,4,7-8H2,1-3H3.